The molecule has 9 heteroatoms. The van der Waals surface area contributed by atoms with Crippen molar-refractivity contribution in [1.82, 2.24) is 14.6 Å². The van der Waals surface area contributed by atoms with Gasteiger partial charge in [-0.1, -0.05) is 29.8 Å². The lowest BCUT2D eigenvalue weighted by molar-refractivity contribution is 0.589. The second-order valence-electron chi connectivity index (χ2n) is 6.46. The van der Waals surface area contributed by atoms with Gasteiger partial charge >= 0.3 is 0 Å². The lowest BCUT2D eigenvalue weighted by Gasteiger charge is -2.25. The largest absolute Gasteiger partial charge is 0.285 e. The number of benzene rings is 2. The monoisotopic (exact) mass is 430 g/mol. The first-order valence-electron chi connectivity index (χ1n) is 8.69. The molecular formula is C20H16ClFN4O2S. The molecular weight excluding hydrogens is 415 g/mol. The Balaban J connectivity index is 1.83. The molecule has 29 heavy (non-hydrogen) atoms. The minimum atomic E-state index is -4.01. The zero-order valence-corrected chi connectivity index (χ0v) is 16.9. The molecule has 0 amide bonds. The highest BCUT2D eigenvalue weighted by Gasteiger charge is 2.26. The molecule has 0 unspecified atom stereocenters. The predicted molar refractivity (Wildman–Crippen MR) is 109 cm³/mol. The summed E-state index contributed by atoms with van der Waals surface area (Å²) in [5.41, 5.74) is 1.47. The topological polar surface area (TPSA) is 67.6 Å². The number of hydrogen-bond donors (Lipinski definition) is 0. The van der Waals surface area contributed by atoms with Crippen LogP contribution in [0.15, 0.2) is 71.8 Å². The van der Waals surface area contributed by atoms with E-state index in [0.717, 1.165) is 0 Å². The summed E-state index contributed by atoms with van der Waals surface area (Å²) in [4.78, 5) is 0.0473. The number of pyridine rings is 1. The number of nitrogens with zero attached hydrogens (tertiary/aromatic N) is 4. The molecule has 0 saturated carbocycles. The molecule has 0 N–H and O–H groups in total. The van der Waals surface area contributed by atoms with Crippen LogP contribution in [0.2, 0.25) is 5.02 Å². The molecule has 0 aliphatic heterocycles. The molecule has 2 aromatic carbocycles. The van der Waals surface area contributed by atoms with Crippen molar-refractivity contribution in [3.63, 3.8) is 0 Å². The summed E-state index contributed by atoms with van der Waals surface area (Å²) >= 11 is 5.94. The number of fused-ring (bicyclic) bond motifs is 1. The maximum absolute atomic E-state index is 13.9. The van der Waals surface area contributed by atoms with E-state index >= 15 is 0 Å². The van der Waals surface area contributed by atoms with Crippen LogP contribution in [0, 0.1) is 12.7 Å². The number of anilines is 1. The van der Waals surface area contributed by atoms with Gasteiger partial charge in [-0.3, -0.25) is 8.71 Å². The van der Waals surface area contributed by atoms with Crippen molar-refractivity contribution in [2.45, 2.75) is 18.4 Å². The number of hydrogen-bond acceptors (Lipinski definition) is 4. The van der Waals surface area contributed by atoms with Gasteiger partial charge in [-0.2, -0.15) is 0 Å². The average Bonchev–Trinajstić information content (AvgIpc) is 3.08. The van der Waals surface area contributed by atoms with Gasteiger partial charge in [0.15, 0.2) is 5.65 Å². The van der Waals surface area contributed by atoms with Crippen LogP contribution in [0.3, 0.4) is 0 Å². The van der Waals surface area contributed by atoms with Crippen molar-refractivity contribution in [2.24, 2.45) is 0 Å². The van der Waals surface area contributed by atoms with Gasteiger partial charge in [-0.05, 0) is 55.0 Å². The summed E-state index contributed by atoms with van der Waals surface area (Å²) in [6, 6.07) is 15.4. The maximum Gasteiger partial charge on any atom is 0.266 e. The van der Waals surface area contributed by atoms with Crippen molar-refractivity contribution < 1.29 is 12.8 Å². The Kier molecular flexibility index (Phi) is 4.97. The van der Waals surface area contributed by atoms with Crippen LogP contribution < -0.4 is 4.31 Å². The molecule has 0 aliphatic carbocycles. The zero-order valence-electron chi connectivity index (χ0n) is 15.3. The highest BCUT2D eigenvalue weighted by molar-refractivity contribution is 7.92. The van der Waals surface area contributed by atoms with Crippen LogP contribution in [-0.4, -0.2) is 23.0 Å². The van der Waals surface area contributed by atoms with Gasteiger partial charge in [0, 0.05) is 11.2 Å². The minimum absolute atomic E-state index is 0.0160. The van der Waals surface area contributed by atoms with E-state index in [9.17, 15) is 12.8 Å². The quantitative estimate of drug-likeness (QED) is 0.475. The molecule has 0 saturated heterocycles. The van der Waals surface area contributed by atoms with Gasteiger partial charge in [0.2, 0.25) is 0 Å². The average molecular weight is 431 g/mol. The Morgan fingerprint density at radius 3 is 2.55 bits per heavy atom. The predicted octanol–water partition coefficient (Wildman–Crippen LogP) is 4.23. The molecule has 4 aromatic rings. The van der Waals surface area contributed by atoms with Crippen molar-refractivity contribution in [3.05, 3.63) is 89.1 Å². The molecule has 0 radical (unpaired) electrons. The van der Waals surface area contributed by atoms with Gasteiger partial charge in [0.05, 0.1) is 12.2 Å². The third-order valence-electron chi connectivity index (χ3n) is 4.47. The normalized spacial score (nSPS) is 11.7. The van der Waals surface area contributed by atoms with Crippen molar-refractivity contribution in [2.75, 3.05) is 4.31 Å². The second-order valence-corrected chi connectivity index (χ2v) is 8.76. The number of aryl methyl sites for hydroxylation is 1. The first kappa shape index (κ1) is 19.4. The van der Waals surface area contributed by atoms with Crippen LogP contribution >= 0.6 is 11.6 Å². The van der Waals surface area contributed by atoms with Gasteiger partial charge in [0.25, 0.3) is 10.0 Å². The zero-order chi connectivity index (χ0) is 20.6. The van der Waals surface area contributed by atoms with Crippen molar-refractivity contribution in [1.29, 1.82) is 0 Å². The highest BCUT2D eigenvalue weighted by Crippen LogP contribution is 2.27. The van der Waals surface area contributed by atoms with E-state index in [1.807, 2.05) is 0 Å². The van der Waals surface area contributed by atoms with Gasteiger partial charge < -0.3 is 0 Å². The van der Waals surface area contributed by atoms with E-state index in [0.29, 0.717) is 22.1 Å². The summed E-state index contributed by atoms with van der Waals surface area (Å²) in [5.74, 6) is 0.0379. The Morgan fingerprint density at radius 2 is 1.83 bits per heavy atom. The third-order valence-corrected chi connectivity index (χ3v) is 6.48. The van der Waals surface area contributed by atoms with Crippen molar-refractivity contribution >= 4 is 33.0 Å². The number of aromatic nitrogens is 3. The first-order chi connectivity index (χ1) is 13.8. The SMILES string of the molecule is Cc1nnc2ccc(S(=O)(=O)N(Cc3ccc(Cl)cc3)c3cccc(F)c3)cn12. The molecule has 0 aliphatic rings. The number of rotatable bonds is 5. The van der Waals surface area contributed by atoms with Crippen LogP contribution in [0.25, 0.3) is 5.65 Å². The highest BCUT2D eigenvalue weighted by atomic mass is 35.5. The fourth-order valence-electron chi connectivity index (χ4n) is 2.97. The first-order valence-corrected chi connectivity index (χ1v) is 10.5. The fraction of sp³-hybridized carbons (Fsp3) is 0.100. The van der Waals surface area contributed by atoms with Crippen molar-refractivity contribution in [3.8, 4) is 0 Å². The van der Waals surface area contributed by atoms with Crippen LogP contribution in [0.5, 0.6) is 0 Å². The van der Waals surface area contributed by atoms with Gasteiger partial charge in [-0.25, -0.2) is 12.8 Å². The lowest BCUT2D eigenvalue weighted by atomic mass is 10.2. The molecule has 0 bridgehead atoms. The Bertz CT molecular complexity index is 1290. The lowest BCUT2D eigenvalue weighted by Crippen LogP contribution is -2.31. The molecule has 2 aromatic heterocycles. The molecule has 0 atom stereocenters. The molecule has 2 heterocycles. The summed E-state index contributed by atoms with van der Waals surface area (Å²) < 4.78 is 43.7. The Hall–Kier alpha value is -2.97. The van der Waals surface area contributed by atoms with Crippen LogP contribution in [-0.2, 0) is 16.6 Å². The van der Waals surface area contributed by atoms with E-state index < -0.39 is 15.8 Å². The standard InChI is InChI=1S/C20H16ClFN4O2S/c1-14-23-24-20-10-9-19(13-25(14)20)29(27,28)26(18-4-2-3-17(22)11-18)12-15-5-7-16(21)8-6-15/h2-11,13H,12H2,1H3. The maximum atomic E-state index is 13.9. The summed E-state index contributed by atoms with van der Waals surface area (Å²) in [6.45, 7) is 1.75. The van der Waals surface area contributed by atoms with E-state index in [-0.39, 0.29) is 17.1 Å². The number of sulfonamides is 1. The summed E-state index contributed by atoms with van der Waals surface area (Å²) in [7, 11) is -4.01. The number of halogens is 2. The molecule has 0 fully saturated rings. The molecule has 148 valence electrons. The molecule has 4 rings (SSSR count). The van der Waals surface area contributed by atoms with Crippen LogP contribution in [0.1, 0.15) is 11.4 Å². The van der Waals surface area contributed by atoms with E-state index in [1.54, 1.807) is 47.7 Å². The second kappa shape index (κ2) is 7.46. The Morgan fingerprint density at radius 1 is 1.07 bits per heavy atom. The molecule has 6 nitrogen and oxygen atoms in total. The Labute approximate surface area is 172 Å². The smallest absolute Gasteiger partial charge is 0.266 e. The van der Waals surface area contributed by atoms with E-state index in [2.05, 4.69) is 10.2 Å². The van der Waals surface area contributed by atoms with Gasteiger partial charge in [0.1, 0.15) is 16.5 Å². The summed E-state index contributed by atoms with van der Waals surface area (Å²) in [5, 5.41) is 8.47. The van der Waals surface area contributed by atoms with Gasteiger partial charge in [-0.15, -0.1) is 10.2 Å². The fourth-order valence-corrected chi connectivity index (χ4v) is 4.54. The third kappa shape index (κ3) is 3.81. The van der Waals surface area contributed by atoms with Crippen LogP contribution in [0.4, 0.5) is 10.1 Å². The summed E-state index contributed by atoms with van der Waals surface area (Å²) in [6.07, 6.45) is 1.47. The van der Waals surface area contributed by atoms with E-state index in [1.165, 1.54) is 34.8 Å². The van der Waals surface area contributed by atoms with E-state index in [4.69, 9.17) is 11.6 Å². The molecule has 0 spiro atoms. The minimum Gasteiger partial charge on any atom is -0.285 e.